The molecule has 0 spiro atoms. The van der Waals surface area contributed by atoms with Gasteiger partial charge in [-0.15, -0.1) is 11.3 Å². The van der Waals surface area contributed by atoms with Gasteiger partial charge in [0.15, 0.2) is 0 Å². The van der Waals surface area contributed by atoms with Gasteiger partial charge < -0.3 is 5.11 Å². The Morgan fingerprint density at radius 1 is 1.48 bits per heavy atom. The number of carboxylic acids is 1. The quantitative estimate of drug-likeness (QED) is 0.802. The van der Waals surface area contributed by atoms with E-state index < -0.39 is 5.97 Å². The van der Waals surface area contributed by atoms with Crippen LogP contribution in [0.1, 0.15) is 20.8 Å². The van der Waals surface area contributed by atoms with E-state index in [1.54, 1.807) is 22.8 Å². The molecular weight excluding hydrogens is 308 g/mol. The second-order valence-electron chi connectivity index (χ2n) is 4.67. The Morgan fingerprint density at radius 2 is 2.29 bits per heavy atom. The molecule has 0 bridgehead atoms. The molecule has 7 heteroatoms. The molecule has 0 saturated heterocycles. The molecule has 0 radical (unpaired) electrons. The fourth-order valence-corrected chi connectivity index (χ4v) is 3.89. The van der Waals surface area contributed by atoms with Crippen LogP contribution in [-0.2, 0) is 13.0 Å². The summed E-state index contributed by atoms with van der Waals surface area (Å²) in [5.41, 5.74) is 1.52. The number of carboxylic acid groups (broad SMARTS) is 1. The molecule has 108 valence electrons. The largest absolute Gasteiger partial charge is 0.477 e. The lowest BCUT2D eigenvalue weighted by Crippen LogP contribution is -2.21. The van der Waals surface area contributed by atoms with E-state index in [0.29, 0.717) is 22.3 Å². The van der Waals surface area contributed by atoms with Crippen LogP contribution in [0.2, 0.25) is 0 Å². The van der Waals surface area contributed by atoms with Crippen molar-refractivity contribution in [3.8, 4) is 0 Å². The second kappa shape index (κ2) is 5.42. The predicted octanol–water partition coefficient (Wildman–Crippen LogP) is 2.77. The summed E-state index contributed by atoms with van der Waals surface area (Å²) in [5, 5.41) is 13.6. The van der Waals surface area contributed by atoms with Crippen LogP contribution in [0.15, 0.2) is 27.9 Å². The maximum Gasteiger partial charge on any atom is 0.346 e. The maximum atomic E-state index is 12.5. The Labute approximate surface area is 128 Å². The molecule has 0 fully saturated rings. The van der Waals surface area contributed by atoms with E-state index in [-0.39, 0.29) is 10.4 Å². The van der Waals surface area contributed by atoms with E-state index in [1.807, 2.05) is 11.4 Å². The minimum atomic E-state index is -1.01. The molecule has 0 amide bonds. The monoisotopic (exact) mass is 320 g/mol. The van der Waals surface area contributed by atoms with E-state index >= 15 is 0 Å². The first kappa shape index (κ1) is 14.0. The summed E-state index contributed by atoms with van der Waals surface area (Å²) in [4.78, 5) is 28.5. The van der Waals surface area contributed by atoms with Gasteiger partial charge >= 0.3 is 5.97 Å². The van der Waals surface area contributed by atoms with Gasteiger partial charge in [0.05, 0.1) is 11.7 Å². The smallest absolute Gasteiger partial charge is 0.346 e. The molecule has 0 aromatic carbocycles. The molecule has 0 aliphatic carbocycles. The summed E-state index contributed by atoms with van der Waals surface area (Å²) in [6.07, 6.45) is 2.25. The molecule has 3 rings (SSSR count). The molecule has 5 nitrogen and oxygen atoms in total. The van der Waals surface area contributed by atoms with Crippen molar-refractivity contribution in [2.24, 2.45) is 0 Å². The van der Waals surface area contributed by atoms with Crippen molar-refractivity contribution in [2.75, 3.05) is 0 Å². The Kier molecular flexibility index (Phi) is 3.60. The average molecular weight is 320 g/mol. The van der Waals surface area contributed by atoms with Crippen molar-refractivity contribution in [1.82, 2.24) is 9.55 Å². The van der Waals surface area contributed by atoms with Crippen molar-refractivity contribution in [3.05, 3.63) is 49.5 Å². The van der Waals surface area contributed by atoms with Gasteiger partial charge in [-0.2, -0.15) is 11.3 Å². The van der Waals surface area contributed by atoms with E-state index in [2.05, 4.69) is 10.4 Å². The molecule has 0 atom stereocenters. The highest BCUT2D eigenvalue weighted by molar-refractivity contribution is 7.20. The lowest BCUT2D eigenvalue weighted by Gasteiger charge is -2.04. The first-order chi connectivity index (χ1) is 10.1. The van der Waals surface area contributed by atoms with Gasteiger partial charge in [-0.05, 0) is 41.3 Å². The van der Waals surface area contributed by atoms with Crippen molar-refractivity contribution in [1.29, 1.82) is 0 Å². The van der Waals surface area contributed by atoms with Gasteiger partial charge in [0.1, 0.15) is 9.71 Å². The Morgan fingerprint density at radius 3 is 2.95 bits per heavy atom. The SMILES string of the molecule is Cc1c(C(=O)O)sc2ncn(CCc3ccsc3)c(=O)c12. The van der Waals surface area contributed by atoms with Crippen LogP contribution < -0.4 is 5.56 Å². The standard InChI is InChI=1S/C14H12N2O3S2/c1-8-10-12(21-11(8)14(18)19)15-7-16(13(10)17)4-2-9-3-5-20-6-9/h3,5-7H,2,4H2,1H3,(H,18,19). The maximum absolute atomic E-state index is 12.5. The fraction of sp³-hybridized carbons (Fsp3) is 0.214. The summed E-state index contributed by atoms with van der Waals surface area (Å²) in [5.74, 6) is -1.01. The summed E-state index contributed by atoms with van der Waals surface area (Å²) in [6, 6.07) is 2.03. The van der Waals surface area contributed by atoms with Crippen molar-refractivity contribution in [3.63, 3.8) is 0 Å². The van der Waals surface area contributed by atoms with Crippen LogP contribution in [0.3, 0.4) is 0 Å². The van der Waals surface area contributed by atoms with Crippen LogP contribution in [0.4, 0.5) is 0 Å². The zero-order valence-corrected chi connectivity index (χ0v) is 12.8. The number of aryl methyl sites for hydroxylation is 3. The highest BCUT2D eigenvalue weighted by atomic mass is 32.1. The zero-order valence-electron chi connectivity index (χ0n) is 11.2. The minimum absolute atomic E-state index is 0.170. The molecular formula is C14H12N2O3S2. The molecule has 3 aromatic heterocycles. The number of rotatable bonds is 4. The molecule has 21 heavy (non-hydrogen) atoms. The number of carbonyl (C=O) groups is 1. The normalized spacial score (nSPS) is 11.1. The number of fused-ring (bicyclic) bond motifs is 1. The molecule has 0 unspecified atom stereocenters. The van der Waals surface area contributed by atoms with Crippen LogP contribution >= 0.6 is 22.7 Å². The average Bonchev–Trinajstić information content (AvgIpc) is 3.06. The number of nitrogens with zero attached hydrogens (tertiary/aromatic N) is 2. The fourth-order valence-electron chi connectivity index (χ4n) is 2.21. The van der Waals surface area contributed by atoms with Gasteiger partial charge in [0.2, 0.25) is 0 Å². The Balaban J connectivity index is 2.01. The van der Waals surface area contributed by atoms with Crippen molar-refractivity contribution in [2.45, 2.75) is 19.9 Å². The van der Waals surface area contributed by atoms with E-state index in [4.69, 9.17) is 5.11 Å². The number of hydrogen-bond donors (Lipinski definition) is 1. The lowest BCUT2D eigenvalue weighted by atomic mass is 10.2. The molecule has 3 aromatic rings. The van der Waals surface area contributed by atoms with Gasteiger partial charge in [-0.25, -0.2) is 9.78 Å². The highest BCUT2D eigenvalue weighted by Crippen LogP contribution is 2.26. The third-order valence-electron chi connectivity index (χ3n) is 3.33. The summed E-state index contributed by atoms with van der Waals surface area (Å²) in [7, 11) is 0. The Hall–Kier alpha value is -1.99. The molecule has 0 saturated carbocycles. The summed E-state index contributed by atoms with van der Waals surface area (Å²) < 4.78 is 1.55. The van der Waals surface area contributed by atoms with Crippen LogP contribution in [-0.4, -0.2) is 20.6 Å². The number of thiophene rings is 2. The molecule has 3 heterocycles. The van der Waals surface area contributed by atoms with Crippen LogP contribution in [0.5, 0.6) is 0 Å². The summed E-state index contributed by atoms with van der Waals surface area (Å²) in [6.45, 7) is 2.20. The van der Waals surface area contributed by atoms with Crippen molar-refractivity contribution < 1.29 is 9.90 Å². The summed E-state index contributed by atoms with van der Waals surface area (Å²) >= 11 is 2.67. The van der Waals surface area contributed by atoms with Crippen LogP contribution in [0.25, 0.3) is 10.2 Å². The van der Waals surface area contributed by atoms with Crippen molar-refractivity contribution >= 4 is 38.9 Å². The predicted molar refractivity (Wildman–Crippen MR) is 83.6 cm³/mol. The first-order valence-electron chi connectivity index (χ1n) is 6.31. The lowest BCUT2D eigenvalue weighted by molar-refractivity contribution is 0.0701. The molecule has 0 aliphatic heterocycles. The minimum Gasteiger partial charge on any atom is -0.477 e. The van der Waals surface area contributed by atoms with Gasteiger partial charge in [-0.1, -0.05) is 0 Å². The topological polar surface area (TPSA) is 72.2 Å². The second-order valence-corrected chi connectivity index (χ2v) is 6.45. The number of hydrogen-bond acceptors (Lipinski definition) is 5. The Bertz CT molecular complexity index is 862. The van der Waals surface area contributed by atoms with E-state index in [1.165, 1.54) is 11.9 Å². The highest BCUT2D eigenvalue weighted by Gasteiger charge is 2.18. The van der Waals surface area contributed by atoms with Gasteiger partial charge in [0.25, 0.3) is 5.56 Å². The number of aromatic carboxylic acids is 1. The molecule has 1 N–H and O–H groups in total. The van der Waals surface area contributed by atoms with Gasteiger partial charge in [-0.3, -0.25) is 9.36 Å². The van der Waals surface area contributed by atoms with E-state index in [9.17, 15) is 9.59 Å². The van der Waals surface area contributed by atoms with E-state index in [0.717, 1.165) is 17.8 Å². The van der Waals surface area contributed by atoms with Gasteiger partial charge in [0, 0.05) is 6.54 Å². The van der Waals surface area contributed by atoms with Crippen LogP contribution in [0, 0.1) is 6.92 Å². The zero-order chi connectivity index (χ0) is 15.0. The number of aromatic nitrogens is 2. The first-order valence-corrected chi connectivity index (χ1v) is 8.06. The third kappa shape index (κ3) is 2.50. The third-order valence-corrected chi connectivity index (χ3v) is 5.25. The molecule has 0 aliphatic rings.